The Hall–Kier alpha value is -1.75. The van der Waals surface area contributed by atoms with Crippen LogP contribution in [0, 0.1) is 12.8 Å². The van der Waals surface area contributed by atoms with Crippen LogP contribution in [-0.2, 0) is 11.3 Å². The summed E-state index contributed by atoms with van der Waals surface area (Å²) in [6.45, 7) is 4.49. The van der Waals surface area contributed by atoms with Crippen LogP contribution in [0.5, 0.6) is 0 Å². The number of amides is 1. The van der Waals surface area contributed by atoms with Gasteiger partial charge in [0.2, 0.25) is 5.91 Å². The van der Waals surface area contributed by atoms with Crippen molar-refractivity contribution in [2.24, 2.45) is 5.92 Å². The van der Waals surface area contributed by atoms with Gasteiger partial charge in [0, 0.05) is 42.9 Å². The molecule has 1 aromatic carbocycles. The zero-order chi connectivity index (χ0) is 16.1. The maximum Gasteiger partial charge on any atom is 0.224 e. The number of likely N-dealkylation sites (tertiary alicyclic amines) is 1. The van der Waals surface area contributed by atoms with E-state index in [2.05, 4.69) is 29.4 Å². The van der Waals surface area contributed by atoms with Crippen LogP contribution >= 0.6 is 11.8 Å². The molecule has 0 spiro atoms. The van der Waals surface area contributed by atoms with Gasteiger partial charge in [0.25, 0.3) is 0 Å². The summed E-state index contributed by atoms with van der Waals surface area (Å²) < 4.78 is 1.85. The van der Waals surface area contributed by atoms with Crippen molar-refractivity contribution in [1.82, 2.24) is 14.7 Å². The fourth-order valence-electron chi connectivity index (χ4n) is 2.88. The molecule has 0 radical (unpaired) electrons. The van der Waals surface area contributed by atoms with Crippen LogP contribution < -0.4 is 0 Å². The van der Waals surface area contributed by atoms with Gasteiger partial charge in [0.05, 0.1) is 6.20 Å². The third kappa shape index (κ3) is 4.61. The summed E-state index contributed by atoms with van der Waals surface area (Å²) in [5.41, 5.74) is 1.14. The second-order valence-corrected chi connectivity index (χ2v) is 7.24. The van der Waals surface area contributed by atoms with Crippen LogP contribution in [0.2, 0.25) is 0 Å². The molecule has 2 heterocycles. The number of aryl methyl sites for hydroxylation is 2. The number of rotatable bonds is 6. The molecule has 1 aliphatic rings. The molecular formula is C18H23N3OS. The number of thioether (sulfide) groups is 1. The van der Waals surface area contributed by atoms with E-state index in [1.165, 1.54) is 4.90 Å². The van der Waals surface area contributed by atoms with Gasteiger partial charge in [-0.2, -0.15) is 5.10 Å². The molecule has 4 nitrogen and oxygen atoms in total. The quantitative estimate of drug-likeness (QED) is 0.764. The first kappa shape index (κ1) is 16.1. The Morgan fingerprint density at radius 1 is 1.35 bits per heavy atom. The number of nitrogens with zero attached hydrogens (tertiary/aromatic N) is 3. The summed E-state index contributed by atoms with van der Waals surface area (Å²) in [5.74, 6) is 1.95. The number of benzene rings is 1. The summed E-state index contributed by atoms with van der Waals surface area (Å²) in [7, 11) is 0. The van der Waals surface area contributed by atoms with Gasteiger partial charge in [-0.3, -0.25) is 9.48 Å². The lowest BCUT2D eigenvalue weighted by molar-refractivity contribution is -0.130. The highest BCUT2D eigenvalue weighted by Gasteiger charge is 2.25. The molecule has 122 valence electrons. The fraction of sp³-hybridized carbons (Fsp3) is 0.444. The lowest BCUT2D eigenvalue weighted by Crippen LogP contribution is -2.29. The third-order valence-corrected chi connectivity index (χ3v) is 5.43. The molecule has 5 heteroatoms. The van der Waals surface area contributed by atoms with Gasteiger partial charge in [-0.1, -0.05) is 18.2 Å². The Labute approximate surface area is 141 Å². The monoisotopic (exact) mass is 329 g/mol. The van der Waals surface area contributed by atoms with Crippen molar-refractivity contribution in [2.45, 2.75) is 31.2 Å². The largest absolute Gasteiger partial charge is 0.342 e. The Balaban J connectivity index is 1.41. The van der Waals surface area contributed by atoms with E-state index in [-0.39, 0.29) is 5.91 Å². The Morgan fingerprint density at radius 2 is 2.17 bits per heavy atom. The Bertz CT molecular complexity index is 641. The average Bonchev–Trinajstić information content (AvgIpc) is 3.21. The van der Waals surface area contributed by atoms with Crippen LogP contribution in [0.15, 0.2) is 47.6 Å². The molecule has 1 fully saturated rings. The van der Waals surface area contributed by atoms with Crippen LogP contribution in [-0.4, -0.2) is 39.4 Å². The molecule has 0 unspecified atom stereocenters. The molecule has 1 amide bonds. The minimum Gasteiger partial charge on any atom is -0.342 e. The first-order valence-electron chi connectivity index (χ1n) is 8.15. The maximum absolute atomic E-state index is 12.3. The molecule has 1 atom stereocenters. The second kappa shape index (κ2) is 7.68. The normalized spacial score (nSPS) is 17.6. The predicted octanol–water partition coefficient (Wildman–Crippen LogP) is 3.22. The van der Waals surface area contributed by atoms with Gasteiger partial charge in [-0.15, -0.1) is 11.8 Å². The molecular weight excluding hydrogens is 306 g/mol. The first-order valence-corrected chi connectivity index (χ1v) is 9.14. The van der Waals surface area contributed by atoms with Crippen molar-refractivity contribution >= 4 is 17.7 Å². The standard InChI is InChI=1S/C18H23N3OS/c1-15-11-19-21(12-15)10-8-18(22)20-9-7-16(13-20)14-23-17-5-3-2-4-6-17/h2-6,11-12,16H,7-10,13-14H2,1H3/t16-/m0/s1. The highest BCUT2D eigenvalue weighted by atomic mass is 32.2. The van der Waals surface area contributed by atoms with Gasteiger partial charge in [-0.25, -0.2) is 0 Å². The van der Waals surface area contributed by atoms with E-state index in [1.807, 2.05) is 46.7 Å². The van der Waals surface area contributed by atoms with Crippen molar-refractivity contribution in [3.63, 3.8) is 0 Å². The topological polar surface area (TPSA) is 38.1 Å². The highest BCUT2D eigenvalue weighted by molar-refractivity contribution is 7.99. The number of hydrogen-bond donors (Lipinski definition) is 0. The van der Waals surface area contributed by atoms with Crippen LogP contribution in [0.4, 0.5) is 0 Å². The molecule has 23 heavy (non-hydrogen) atoms. The summed E-state index contributed by atoms with van der Waals surface area (Å²) in [4.78, 5) is 15.7. The molecule has 0 saturated carbocycles. The summed E-state index contributed by atoms with van der Waals surface area (Å²) in [5, 5.41) is 4.23. The number of aromatic nitrogens is 2. The van der Waals surface area contributed by atoms with Crippen molar-refractivity contribution in [2.75, 3.05) is 18.8 Å². The minimum absolute atomic E-state index is 0.255. The predicted molar refractivity (Wildman–Crippen MR) is 93.4 cm³/mol. The number of hydrogen-bond acceptors (Lipinski definition) is 3. The fourth-order valence-corrected chi connectivity index (χ4v) is 3.93. The number of carbonyl (C=O) groups excluding carboxylic acids is 1. The van der Waals surface area contributed by atoms with Crippen LogP contribution in [0.25, 0.3) is 0 Å². The third-order valence-electron chi connectivity index (χ3n) is 4.18. The lowest BCUT2D eigenvalue weighted by Gasteiger charge is -2.16. The van der Waals surface area contributed by atoms with Gasteiger partial charge >= 0.3 is 0 Å². The first-order chi connectivity index (χ1) is 11.2. The molecule has 1 aliphatic heterocycles. The van der Waals surface area contributed by atoms with Gasteiger partial charge in [-0.05, 0) is 37.0 Å². The molecule has 0 bridgehead atoms. The average molecular weight is 329 g/mol. The zero-order valence-corrected chi connectivity index (χ0v) is 14.3. The molecule has 1 aromatic heterocycles. The van der Waals surface area contributed by atoms with Gasteiger partial charge in [0.1, 0.15) is 0 Å². The molecule has 1 saturated heterocycles. The van der Waals surface area contributed by atoms with Gasteiger partial charge in [0.15, 0.2) is 0 Å². The summed E-state index contributed by atoms with van der Waals surface area (Å²) in [6, 6.07) is 10.5. The molecule has 0 aliphatic carbocycles. The molecule has 2 aromatic rings. The SMILES string of the molecule is Cc1cnn(CCC(=O)N2CC[C@H](CSc3ccccc3)C2)c1. The zero-order valence-electron chi connectivity index (χ0n) is 13.5. The van der Waals surface area contributed by atoms with E-state index in [1.54, 1.807) is 0 Å². The smallest absolute Gasteiger partial charge is 0.224 e. The lowest BCUT2D eigenvalue weighted by atomic mass is 10.2. The number of carbonyl (C=O) groups is 1. The maximum atomic E-state index is 12.3. The van der Waals surface area contributed by atoms with E-state index >= 15 is 0 Å². The summed E-state index contributed by atoms with van der Waals surface area (Å²) >= 11 is 1.89. The van der Waals surface area contributed by atoms with E-state index in [9.17, 15) is 4.79 Å². The van der Waals surface area contributed by atoms with E-state index in [0.717, 1.165) is 30.8 Å². The Morgan fingerprint density at radius 3 is 2.91 bits per heavy atom. The van der Waals surface area contributed by atoms with Crippen LogP contribution in [0.3, 0.4) is 0 Å². The minimum atomic E-state index is 0.255. The van der Waals surface area contributed by atoms with Gasteiger partial charge < -0.3 is 4.90 Å². The summed E-state index contributed by atoms with van der Waals surface area (Å²) in [6.07, 6.45) is 5.47. The van der Waals surface area contributed by atoms with E-state index < -0.39 is 0 Å². The van der Waals surface area contributed by atoms with Crippen LogP contribution in [0.1, 0.15) is 18.4 Å². The highest BCUT2D eigenvalue weighted by Crippen LogP contribution is 2.26. The van der Waals surface area contributed by atoms with Crippen molar-refractivity contribution < 1.29 is 4.79 Å². The van der Waals surface area contributed by atoms with E-state index in [0.29, 0.717) is 18.9 Å². The second-order valence-electron chi connectivity index (χ2n) is 6.15. The molecule has 0 N–H and O–H groups in total. The van der Waals surface area contributed by atoms with E-state index in [4.69, 9.17) is 0 Å². The molecule has 3 rings (SSSR count). The van der Waals surface area contributed by atoms with Crippen molar-refractivity contribution in [1.29, 1.82) is 0 Å². The van der Waals surface area contributed by atoms with Crippen molar-refractivity contribution in [3.8, 4) is 0 Å². The van der Waals surface area contributed by atoms with Crippen molar-refractivity contribution in [3.05, 3.63) is 48.3 Å². The Kier molecular flexibility index (Phi) is 5.39.